The minimum Gasteiger partial charge on any atom is -0.481 e. The van der Waals surface area contributed by atoms with Gasteiger partial charge in [-0.15, -0.1) is 0 Å². The Kier molecular flexibility index (Phi) is 2.00. The number of hydrogen-bond acceptors (Lipinski definition) is 3. The van der Waals surface area contributed by atoms with Crippen molar-refractivity contribution in [1.82, 2.24) is 4.98 Å². The van der Waals surface area contributed by atoms with Gasteiger partial charge in [0.25, 0.3) is 0 Å². The van der Waals surface area contributed by atoms with Crippen LogP contribution in [0.1, 0.15) is 25.3 Å². The zero-order valence-electron chi connectivity index (χ0n) is 8.82. The zero-order valence-corrected chi connectivity index (χ0v) is 8.82. The van der Waals surface area contributed by atoms with Crippen molar-refractivity contribution < 1.29 is 4.74 Å². The lowest BCUT2D eigenvalue weighted by molar-refractivity contribution is 0.397. The molecule has 0 aliphatic heterocycles. The number of nitrogens with zero attached hydrogens (tertiary/aromatic N) is 1. The average molecular weight is 192 g/mol. The molecule has 0 spiro atoms. The maximum absolute atomic E-state index is 5.99. The molecular formula is C11H16N2O. The summed E-state index contributed by atoms with van der Waals surface area (Å²) >= 11 is 0. The molecule has 2 N–H and O–H groups in total. The molecule has 3 nitrogen and oxygen atoms in total. The summed E-state index contributed by atoms with van der Waals surface area (Å²) in [4.78, 5) is 4.18. The van der Waals surface area contributed by atoms with Gasteiger partial charge >= 0.3 is 0 Å². The number of hydrogen-bond donors (Lipinski definition) is 1. The third-order valence-corrected chi connectivity index (χ3v) is 3.24. The monoisotopic (exact) mass is 192 g/mol. The van der Waals surface area contributed by atoms with E-state index in [2.05, 4.69) is 18.8 Å². The highest BCUT2D eigenvalue weighted by atomic mass is 16.5. The lowest BCUT2D eigenvalue weighted by Crippen LogP contribution is -2.06. The lowest BCUT2D eigenvalue weighted by Gasteiger charge is -2.03. The molecule has 3 heteroatoms. The normalized spacial score (nSPS) is 28.6. The Morgan fingerprint density at radius 1 is 1.43 bits per heavy atom. The average Bonchev–Trinajstić information content (AvgIpc) is 2.67. The Balaban J connectivity index is 2.20. The molecular weight excluding hydrogens is 176 g/mol. The van der Waals surface area contributed by atoms with Crippen molar-refractivity contribution in [3.63, 3.8) is 0 Å². The standard InChI is InChI=1S/C11H16N2O/c1-11(2)9(10(11)12)7-4-5-8(14-3)13-6-7/h4-6,9-10H,12H2,1-3H3/t9-,10-/m0/s1. The molecule has 1 saturated carbocycles. The molecule has 0 radical (unpaired) electrons. The molecule has 0 aromatic carbocycles. The van der Waals surface area contributed by atoms with Crippen LogP contribution in [0.15, 0.2) is 18.3 Å². The second-order valence-corrected chi connectivity index (χ2v) is 4.46. The predicted octanol–water partition coefficient (Wildman–Crippen LogP) is 1.54. The van der Waals surface area contributed by atoms with Crippen molar-refractivity contribution in [2.24, 2.45) is 11.1 Å². The van der Waals surface area contributed by atoms with Gasteiger partial charge in [-0.05, 0) is 11.0 Å². The third-order valence-electron chi connectivity index (χ3n) is 3.24. The van der Waals surface area contributed by atoms with Gasteiger partial charge in [-0.1, -0.05) is 19.9 Å². The van der Waals surface area contributed by atoms with E-state index in [1.165, 1.54) is 5.56 Å². The van der Waals surface area contributed by atoms with E-state index in [0.29, 0.717) is 11.8 Å². The van der Waals surface area contributed by atoms with Gasteiger partial charge in [0.2, 0.25) is 5.88 Å². The van der Waals surface area contributed by atoms with Crippen molar-refractivity contribution in [3.05, 3.63) is 23.9 Å². The molecule has 2 atom stereocenters. The molecule has 1 aliphatic rings. The van der Waals surface area contributed by atoms with Gasteiger partial charge < -0.3 is 10.5 Å². The third kappa shape index (κ3) is 1.28. The minimum atomic E-state index is 0.219. The summed E-state index contributed by atoms with van der Waals surface area (Å²) in [6, 6.07) is 4.19. The van der Waals surface area contributed by atoms with E-state index in [1.54, 1.807) is 7.11 Å². The van der Waals surface area contributed by atoms with Crippen LogP contribution in [0, 0.1) is 5.41 Å². The Hall–Kier alpha value is -1.09. The van der Waals surface area contributed by atoms with Crippen LogP contribution in [-0.2, 0) is 0 Å². The molecule has 1 aliphatic carbocycles. The molecule has 1 aromatic rings. The molecule has 76 valence electrons. The first-order valence-electron chi connectivity index (χ1n) is 4.83. The molecule has 14 heavy (non-hydrogen) atoms. The van der Waals surface area contributed by atoms with Crippen LogP contribution < -0.4 is 10.5 Å². The van der Waals surface area contributed by atoms with Crippen LogP contribution in [0.2, 0.25) is 0 Å². The molecule has 0 bridgehead atoms. The highest BCUT2D eigenvalue weighted by Gasteiger charge is 2.56. The molecule has 2 rings (SSSR count). The van der Waals surface area contributed by atoms with Crippen LogP contribution in [-0.4, -0.2) is 18.1 Å². The maximum Gasteiger partial charge on any atom is 0.212 e. The van der Waals surface area contributed by atoms with Gasteiger partial charge in [0, 0.05) is 24.2 Å². The lowest BCUT2D eigenvalue weighted by atomic mass is 10.1. The zero-order chi connectivity index (χ0) is 10.3. The van der Waals surface area contributed by atoms with Gasteiger partial charge in [0.1, 0.15) is 0 Å². The first kappa shape index (κ1) is 9.46. The Labute approximate surface area is 84.3 Å². The smallest absolute Gasteiger partial charge is 0.212 e. The van der Waals surface area contributed by atoms with Crippen molar-refractivity contribution in [2.45, 2.75) is 25.8 Å². The largest absolute Gasteiger partial charge is 0.481 e. The van der Waals surface area contributed by atoms with Crippen LogP contribution in [0.25, 0.3) is 0 Å². The van der Waals surface area contributed by atoms with Gasteiger partial charge in [-0.2, -0.15) is 0 Å². The number of methoxy groups -OCH3 is 1. The first-order valence-corrected chi connectivity index (χ1v) is 4.83. The summed E-state index contributed by atoms with van der Waals surface area (Å²) < 4.78 is 5.01. The van der Waals surface area contributed by atoms with Gasteiger partial charge in [-0.3, -0.25) is 0 Å². The molecule has 1 fully saturated rings. The van der Waals surface area contributed by atoms with Crippen molar-refractivity contribution in [3.8, 4) is 5.88 Å². The van der Waals surface area contributed by atoms with Crippen molar-refractivity contribution in [1.29, 1.82) is 0 Å². The first-order chi connectivity index (χ1) is 6.57. The Morgan fingerprint density at radius 3 is 2.43 bits per heavy atom. The van der Waals surface area contributed by atoms with Crippen LogP contribution in [0.4, 0.5) is 0 Å². The van der Waals surface area contributed by atoms with E-state index in [4.69, 9.17) is 10.5 Å². The fourth-order valence-corrected chi connectivity index (χ4v) is 2.01. The van der Waals surface area contributed by atoms with Crippen LogP contribution in [0.5, 0.6) is 5.88 Å². The van der Waals surface area contributed by atoms with E-state index in [-0.39, 0.29) is 11.5 Å². The second-order valence-electron chi connectivity index (χ2n) is 4.46. The summed E-state index contributed by atoms with van der Waals surface area (Å²) in [5.74, 6) is 1.10. The quantitative estimate of drug-likeness (QED) is 0.773. The number of ether oxygens (including phenoxy) is 1. The summed E-state index contributed by atoms with van der Waals surface area (Å²) in [7, 11) is 1.62. The minimum absolute atomic E-state index is 0.219. The summed E-state index contributed by atoms with van der Waals surface area (Å²) in [6.07, 6.45) is 1.86. The van der Waals surface area contributed by atoms with Gasteiger partial charge in [0.05, 0.1) is 7.11 Å². The summed E-state index contributed by atoms with van der Waals surface area (Å²) in [6.45, 7) is 4.37. The highest BCUT2D eigenvalue weighted by Crippen LogP contribution is 2.57. The summed E-state index contributed by atoms with van der Waals surface area (Å²) in [5, 5.41) is 0. The van der Waals surface area contributed by atoms with Crippen molar-refractivity contribution >= 4 is 0 Å². The number of nitrogens with two attached hydrogens (primary N) is 1. The number of pyridine rings is 1. The van der Waals surface area contributed by atoms with Gasteiger partial charge in [0.15, 0.2) is 0 Å². The number of aromatic nitrogens is 1. The maximum atomic E-state index is 5.99. The van der Waals surface area contributed by atoms with Crippen molar-refractivity contribution in [2.75, 3.05) is 7.11 Å². The van der Waals surface area contributed by atoms with Crippen LogP contribution in [0.3, 0.4) is 0 Å². The van der Waals surface area contributed by atoms with E-state index < -0.39 is 0 Å². The van der Waals surface area contributed by atoms with Gasteiger partial charge in [-0.25, -0.2) is 4.98 Å². The molecule has 0 unspecified atom stereocenters. The molecule has 0 saturated heterocycles. The fourth-order valence-electron chi connectivity index (χ4n) is 2.01. The van der Waals surface area contributed by atoms with E-state index >= 15 is 0 Å². The molecule has 1 heterocycles. The number of rotatable bonds is 2. The van der Waals surface area contributed by atoms with E-state index in [0.717, 1.165) is 0 Å². The second kappa shape index (κ2) is 2.95. The topological polar surface area (TPSA) is 48.1 Å². The Bertz CT molecular complexity index is 332. The molecule has 1 aromatic heterocycles. The fraction of sp³-hybridized carbons (Fsp3) is 0.545. The van der Waals surface area contributed by atoms with E-state index in [1.807, 2.05) is 18.3 Å². The van der Waals surface area contributed by atoms with E-state index in [9.17, 15) is 0 Å². The summed E-state index contributed by atoms with van der Waals surface area (Å²) in [5.41, 5.74) is 7.42. The van der Waals surface area contributed by atoms with Crippen LogP contribution >= 0.6 is 0 Å². The highest BCUT2D eigenvalue weighted by molar-refractivity contribution is 5.33. The SMILES string of the molecule is COc1ccc([C@H]2[C@H](N)C2(C)C)cn1. The Morgan fingerprint density at radius 2 is 2.07 bits per heavy atom. The predicted molar refractivity (Wildman–Crippen MR) is 55.3 cm³/mol. The molecule has 0 amide bonds.